The van der Waals surface area contributed by atoms with E-state index in [-0.39, 0.29) is 24.7 Å². The lowest BCUT2D eigenvalue weighted by Crippen LogP contribution is -2.62. The third kappa shape index (κ3) is 6.77. The Morgan fingerprint density at radius 1 is 0.800 bits per heavy atom. The van der Waals surface area contributed by atoms with E-state index in [1.54, 1.807) is 0 Å². The number of carbonyl (C=O) groups is 2. The molecular formula is C28H33N5O2. The Morgan fingerprint density at radius 2 is 1.31 bits per heavy atom. The van der Waals surface area contributed by atoms with E-state index >= 15 is 0 Å². The first-order valence-corrected chi connectivity index (χ1v) is 11.7. The van der Waals surface area contributed by atoms with E-state index in [0.717, 1.165) is 16.7 Å². The van der Waals surface area contributed by atoms with E-state index in [1.165, 1.54) is 0 Å². The number of primary amides is 1. The average molecular weight is 472 g/mol. The van der Waals surface area contributed by atoms with Crippen LogP contribution in [0, 0.1) is 0 Å². The summed E-state index contributed by atoms with van der Waals surface area (Å²) in [5.74, 6) is -1.71. The van der Waals surface area contributed by atoms with Gasteiger partial charge >= 0.3 is 0 Å². The summed E-state index contributed by atoms with van der Waals surface area (Å²) in [6, 6.07) is 28.8. The first-order valence-electron chi connectivity index (χ1n) is 11.7. The van der Waals surface area contributed by atoms with Gasteiger partial charge in [0.15, 0.2) is 17.3 Å². The van der Waals surface area contributed by atoms with Crippen molar-refractivity contribution in [3.63, 3.8) is 0 Å². The highest BCUT2D eigenvalue weighted by Crippen LogP contribution is 2.32. The second-order valence-corrected chi connectivity index (χ2v) is 8.46. The molecule has 0 aliphatic carbocycles. The van der Waals surface area contributed by atoms with Crippen LogP contribution >= 0.6 is 0 Å². The molecule has 0 saturated heterocycles. The predicted molar refractivity (Wildman–Crippen MR) is 140 cm³/mol. The smallest absolute Gasteiger partial charge is 0.245 e. The lowest BCUT2D eigenvalue weighted by Gasteiger charge is -2.34. The van der Waals surface area contributed by atoms with Gasteiger partial charge in [0.1, 0.15) is 0 Å². The van der Waals surface area contributed by atoms with Crippen molar-refractivity contribution in [2.45, 2.75) is 30.7 Å². The number of hydrogen-bond acceptors (Lipinski definition) is 4. The number of Topliss-reactive ketones (excluding diaryl/α,β-unsaturated/α-hetero) is 1. The molecule has 7 heteroatoms. The molecule has 7 nitrogen and oxygen atoms in total. The summed E-state index contributed by atoms with van der Waals surface area (Å²) in [4.78, 5) is 31.4. The fraction of sp³-hybridized carbons (Fsp3) is 0.250. The van der Waals surface area contributed by atoms with Gasteiger partial charge in [0.25, 0.3) is 0 Å². The minimum Gasteiger partial charge on any atom is -0.370 e. The molecule has 0 unspecified atom stereocenters. The van der Waals surface area contributed by atoms with Gasteiger partial charge in [-0.25, -0.2) is 0 Å². The van der Waals surface area contributed by atoms with Crippen LogP contribution in [0.1, 0.15) is 35.4 Å². The molecule has 1 atom stereocenters. The fourth-order valence-corrected chi connectivity index (χ4v) is 4.28. The number of nitrogens with zero attached hydrogens (tertiary/aromatic N) is 1. The summed E-state index contributed by atoms with van der Waals surface area (Å²) in [5, 5.41) is 3.25. The van der Waals surface area contributed by atoms with Crippen molar-refractivity contribution in [2.24, 2.45) is 22.2 Å². The lowest BCUT2D eigenvalue weighted by atomic mass is 9.75. The molecule has 0 saturated carbocycles. The Hall–Kier alpha value is -3.97. The first kappa shape index (κ1) is 25.6. The molecule has 0 radical (unpaired) electrons. The van der Waals surface area contributed by atoms with Gasteiger partial charge in [-0.05, 0) is 36.0 Å². The summed E-state index contributed by atoms with van der Waals surface area (Å²) < 4.78 is 0. The molecule has 0 aromatic heterocycles. The van der Waals surface area contributed by atoms with Crippen LogP contribution in [0.25, 0.3) is 0 Å². The minimum atomic E-state index is -1.59. The maximum atomic E-state index is 14.3. The molecule has 7 N–H and O–H groups in total. The van der Waals surface area contributed by atoms with E-state index in [9.17, 15) is 9.59 Å². The molecule has 0 spiro atoms. The van der Waals surface area contributed by atoms with Crippen LogP contribution in [0.4, 0.5) is 0 Å². The zero-order valence-corrected chi connectivity index (χ0v) is 19.8. The number of ketones is 1. The summed E-state index contributed by atoms with van der Waals surface area (Å²) >= 11 is 0. The van der Waals surface area contributed by atoms with Crippen molar-refractivity contribution in [1.29, 1.82) is 0 Å². The molecule has 3 rings (SSSR count). The van der Waals surface area contributed by atoms with E-state index in [0.29, 0.717) is 19.4 Å². The maximum absolute atomic E-state index is 14.3. The molecule has 0 fully saturated rings. The third-order valence-corrected chi connectivity index (χ3v) is 6.06. The van der Waals surface area contributed by atoms with Crippen LogP contribution in [-0.2, 0) is 16.0 Å². The van der Waals surface area contributed by atoms with Gasteiger partial charge in [-0.3, -0.25) is 19.9 Å². The van der Waals surface area contributed by atoms with Gasteiger partial charge in [-0.15, -0.1) is 0 Å². The third-order valence-electron chi connectivity index (χ3n) is 6.06. The Labute approximate surface area is 206 Å². The van der Waals surface area contributed by atoms with Crippen molar-refractivity contribution in [1.82, 2.24) is 5.32 Å². The van der Waals surface area contributed by atoms with Crippen molar-refractivity contribution < 1.29 is 9.59 Å². The van der Waals surface area contributed by atoms with Crippen LogP contribution < -0.4 is 22.5 Å². The molecule has 1 amide bonds. The van der Waals surface area contributed by atoms with Crippen molar-refractivity contribution >= 4 is 17.6 Å². The standard InChI is InChI=1S/C28H33N5O2/c29-26(35)28(18-10-19-32-27(30)31,33-20-17-21-11-4-1-5-12-21)25(34)24(22-13-6-2-7-14-22)23-15-8-3-9-16-23/h1-9,11-16,24,33H,10,17-20H2,(H2,29,35)(H4,30,31,32)/t28-/m1/s1. The molecule has 0 bridgehead atoms. The Kier molecular flexibility index (Phi) is 9.15. The number of aliphatic imine (C=N–C) groups is 1. The number of rotatable bonds is 13. The van der Waals surface area contributed by atoms with Crippen molar-refractivity contribution in [3.8, 4) is 0 Å². The average Bonchev–Trinajstić information content (AvgIpc) is 2.87. The van der Waals surface area contributed by atoms with Crippen LogP contribution in [-0.4, -0.2) is 36.3 Å². The highest BCUT2D eigenvalue weighted by atomic mass is 16.2. The molecule has 0 heterocycles. The van der Waals surface area contributed by atoms with Gasteiger partial charge < -0.3 is 17.2 Å². The van der Waals surface area contributed by atoms with E-state index in [4.69, 9.17) is 17.2 Å². The van der Waals surface area contributed by atoms with Crippen LogP contribution in [0.2, 0.25) is 0 Å². The largest absolute Gasteiger partial charge is 0.370 e. The Bertz CT molecular complexity index is 1080. The lowest BCUT2D eigenvalue weighted by molar-refractivity contribution is -0.136. The van der Waals surface area contributed by atoms with Crippen LogP contribution in [0.3, 0.4) is 0 Å². The van der Waals surface area contributed by atoms with E-state index < -0.39 is 17.4 Å². The summed E-state index contributed by atoms with van der Waals surface area (Å²) in [6.45, 7) is 0.684. The number of nitrogens with one attached hydrogen (secondary N) is 1. The van der Waals surface area contributed by atoms with E-state index in [2.05, 4.69) is 10.3 Å². The number of amides is 1. The predicted octanol–water partition coefficient (Wildman–Crippen LogP) is 2.50. The van der Waals surface area contributed by atoms with Gasteiger partial charge in [-0.1, -0.05) is 91.0 Å². The monoisotopic (exact) mass is 471 g/mol. The normalized spacial score (nSPS) is 12.6. The molecule has 3 aromatic rings. The number of carbonyl (C=O) groups excluding carboxylic acids is 2. The summed E-state index contributed by atoms with van der Waals surface area (Å²) in [5.41, 5.74) is 18.0. The maximum Gasteiger partial charge on any atom is 0.245 e. The molecule has 182 valence electrons. The van der Waals surface area contributed by atoms with Gasteiger partial charge in [0.05, 0.1) is 5.92 Å². The van der Waals surface area contributed by atoms with Gasteiger partial charge in [-0.2, -0.15) is 0 Å². The summed E-state index contributed by atoms with van der Waals surface area (Å²) in [7, 11) is 0. The number of benzene rings is 3. The molecule has 35 heavy (non-hydrogen) atoms. The quantitative estimate of drug-likeness (QED) is 0.131. The number of nitrogens with two attached hydrogens (primary N) is 3. The second-order valence-electron chi connectivity index (χ2n) is 8.46. The van der Waals surface area contributed by atoms with Crippen LogP contribution in [0.15, 0.2) is 96.0 Å². The highest BCUT2D eigenvalue weighted by molar-refractivity contribution is 6.13. The SMILES string of the molecule is NC(=O)[C@](CCCN=C(N)N)(NCCc1ccccc1)C(=O)C(c1ccccc1)c1ccccc1. The minimum absolute atomic E-state index is 0.0375. The molecule has 3 aromatic carbocycles. The Morgan fingerprint density at radius 3 is 1.80 bits per heavy atom. The van der Waals surface area contributed by atoms with Crippen LogP contribution in [0.5, 0.6) is 0 Å². The van der Waals surface area contributed by atoms with E-state index in [1.807, 2.05) is 91.0 Å². The van der Waals surface area contributed by atoms with Gasteiger partial charge in [0.2, 0.25) is 5.91 Å². The Balaban J connectivity index is 1.98. The molecule has 0 aliphatic heterocycles. The molecular weight excluding hydrogens is 438 g/mol. The fourth-order valence-electron chi connectivity index (χ4n) is 4.28. The zero-order valence-electron chi connectivity index (χ0n) is 19.8. The second kappa shape index (κ2) is 12.5. The highest BCUT2D eigenvalue weighted by Gasteiger charge is 2.47. The first-order chi connectivity index (χ1) is 16.9. The number of guanidine groups is 1. The zero-order chi connectivity index (χ0) is 25.1. The summed E-state index contributed by atoms with van der Waals surface area (Å²) in [6.07, 6.45) is 1.21. The van der Waals surface area contributed by atoms with Crippen molar-refractivity contribution in [2.75, 3.05) is 13.1 Å². The topological polar surface area (TPSA) is 137 Å². The van der Waals surface area contributed by atoms with Gasteiger partial charge in [0, 0.05) is 13.1 Å². The number of hydrogen-bond donors (Lipinski definition) is 4. The molecule has 0 aliphatic rings. The van der Waals surface area contributed by atoms with Crippen molar-refractivity contribution in [3.05, 3.63) is 108 Å².